The molecule has 1 aliphatic heterocycles. The van der Waals surface area contributed by atoms with Crippen molar-refractivity contribution in [2.24, 2.45) is 0 Å². The van der Waals surface area contributed by atoms with E-state index in [0.717, 1.165) is 10.5 Å². The molecule has 1 N–H and O–H groups in total. The van der Waals surface area contributed by atoms with Crippen molar-refractivity contribution in [3.63, 3.8) is 0 Å². The Morgan fingerprint density at radius 1 is 0.930 bits per heavy atom. The number of hydrogen-bond donors (Lipinski definition) is 1. The molecule has 0 aliphatic carbocycles. The fourth-order valence-electron chi connectivity index (χ4n) is 5.46. The molecule has 0 saturated carbocycles. The number of amides is 2. The fourth-order valence-corrected chi connectivity index (χ4v) is 5.46. The molecular formula is C32H33N3O8. The van der Waals surface area contributed by atoms with E-state index in [1.165, 1.54) is 0 Å². The van der Waals surface area contributed by atoms with Gasteiger partial charge in [-0.05, 0) is 23.6 Å². The van der Waals surface area contributed by atoms with E-state index in [0.29, 0.717) is 11.1 Å². The van der Waals surface area contributed by atoms with Crippen LogP contribution in [-0.2, 0) is 36.9 Å². The highest BCUT2D eigenvalue weighted by molar-refractivity contribution is 6.14. The van der Waals surface area contributed by atoms with Gasteiger partial charge in [-0.1, -0.05) is 91.0 Å². The van der Waals surface area contributed by atoms with Crippen LogP contribution in [-0.4, -0.2) is 64.9 Å². The Balaban J connectivity index is 1.74. The summed E-state index contributed by atoms with van der Waals surface area (Å²) in [6.07, 6.45) is -1.09. The fraction of sp³-hybridized carbons (Fsp3) is 0.312. The molecular weight excluding hydrogens is 554 g/mol. The normalized spacial score (nSPS) is 17.5. The highest BCUT2D eigenvalue weighted by atomic mass is 16.6. The van der Waals surface area contributed by atoms with Crippen LogP contribution in [0.5, 0.6) is 0 Å². The van der Waals surface area contributed by atoms with Crippen LogP contribution in [0, 0.1) is 10.1 Å². The van der Waals surface area contributed by atoms with E-state index in [2.05, 4.69) is 5.32 Å². The average Bonchev–Trinajstić information content (AvgIpc) is 3.36. The Labute approximate surface area is 248 Å². The van der Waals surface area contributed by atoms with Gasteiger partial charge >= 0.3 is 12.1 Å². The van der Waals surface area contributed by atoms with E-state index in [1.807, 2.05) is 6.07 Å². The molecule has 3 aromatic carbocycles. The lowest BCUT2D eigenvalue weighted by molar-refractivity contribution is -0.485. The molecule has 0 unspecified atom stereocenters. The van der Waals surface area contributed by atoms with Crippen molar-refractivity contribution in [1.82, 2.24) is 10.2 Å². The lowest BCUT2D eigenvalue weighted by Crippen LogP contribution is -2.65. The molecule has 4 rings (SSSR count). The first-order chi connectivity index (χ1) is 20.8. The van der Waals surface area contributed by atoms with Crippen LogP contribution in [0.1, 0.15) is 36.0 Å². The third kappa shape index (κ3) is 7.06. The molecule has 3 aromatic rings. The van der Waals surface area contributed by atoms with Gasteiger partial charge in [-0.25, -0.2) is 9.59 Å². The molecule has 1 aliphatic rings. The number of benzene rings is 3. The lowest BCUT2D eigenvalue weighted by Gasteiger charge is -2.40. The number of hydrogen-bond acceptors (Lipinski definition) is 8. The summed E-state index contributed by atoms with van der Waals surface area (Å²) in [5.41, 5.74) is -0.552. The molecule has 2 amide bonds. The minimum atomic E-state index is -2.31. The number of carbonyl (C=O) groups excluding carboxylic acids is 4. The molecule has 43 heavy (non-hydrogen) atoms. The third-order valence-electron chi connectivity index (χ3n) is 7.39. The Morgan fingerprint density at radius 2 is 1.51 bits per heavy atom. The number of alkyl carbamates (subject to hydrolysis) is 1. The molecule has 3 atom stereocenters. The first-order valence-corrected chi connectivity index (χ1v) is 14.0. The van der Waals surface area contributed by atoms with Gasteiger partial charge in [0.15, 0.2) is 5.78 Å². The van der Waals surface area contributed by atoms with Gasteiger partial charge in [0.1, 0.15) is 12.6 Å². The molecule has 0 spiro atoms. The Hall–Kier alpha value is -5.06. The van der Waals surface area contributed by atoms with E-state index in [9.17, 15) is 29.3 Å². The number of nitro groups is 1. The van der Waals surface area contributed by atoms with Crippen LogP contribution in [0.2, 0.25) is 0 Å². The Bertz CT molecular complexity index is 1430. The highest BCUT2D eigenvalue weighted by Crippen LogP contribution is 2.41. The number of ether oxygens (including phenoxy) is 2. The van der Waals surface area contributed by atoms with Gasteiger partial charge in [-0.2, -0.15) is 0 Å². The van der Waals surface area contributed by atoms with Crippen LogP contribution in [0.15, 0.2) is 91.0 Å². The van der Waals surface area contributed by atoms with Crippen molar-refractivity contribution >= 4 is 23.8 Å². The first kappa shape index (κ1) is 30.9. The van der Waals surface area contributed by atoms with Gasteiger partial charge in [-0.3, -0.25) is 19.7 Å². The molecule has 0 aromatic heterocycles. The Morgan fingerprint density at radius 3 is 2.09 bits per heavy atom. The van der Waals surface area contributed by atoms with Gasteiger partial charge in [-0.15, -0.1) is 0 Å². The number of Topliss-reactive ketones (excluding diaryl/α,β-unsaturated/α-hetero) is 1. The number of rotatable bonds is 12. The van der Waals surface area contributed by atoms with Crippen molar-refractivity contribution in [3.8, 4) is 0 Å². The number of nitrogens with one attached hydrogen (secondary N) is 1. The van der Waals surface area contributed by atoms with Crippen LogP contribution >= 0.6 is 0 Å². The molecule has 224 valence electrons. The Kier molecular flexibility index (Phi) is 10.2. The smallest absolute Gasteiger partial charge is 0.408 e. The minimum Gasteiger partial charge on any atom is -0.464 e. The summed E-state index contributed by atoms with van der Waals surface area (Å²) in [5.74, 6) is -3.82. The molecule has 11 nitrogen and oxygen atoms in total. The second-order valence-electron chi connectivity index (χ2n) is 10.1. The zero-order chi connectivity index (χ0) is 30.8. The molecule has 0 radical (unpaired) electrons. The van der Waals surface area contributed by atoms with Gasteiger partial charge in [0.05, 0.1) is 12.5 Å². The van der Waals surface area contributed by atoms with Crippen molar-refractivity contribution in [1.29, 1.82) is 0 Å². The van der Waals surface area contributed by atoms with Crippen LogP contribution in [0.3, 0.4) is 0 Å². The second-order valence-corrected chi connectivity index (χ2v) is 10.1. The monoisotopic (exact) mass is 587 g/mol. The van der Waals surface area contributed by atoms with Crippen LogP contribution in [0.25, 0.3) is 0 Å². The summed E-state index contributed by atoms with van der Waals surface area (Å²) in [5, 5.41) is 14.5. The van der Waals surface area contributed by atoms with E-state index in [1.54, 1.807) is 91.9 Å². The maximum atomic E-state index is 14.4. The summed E-state index contributed by atoms with van der Waals surface area (Å²) in [6.45, 7) is 0.378. The SMILES string of the molecule is CCOC(=O)[C@]1([C@H](C[N+](=O)[O-])c2ccccc2)C(=O)CCN1C(=O)[C@H](Cc1ccccc1)NC(=O)OCc1ccccc1. The number of likely N-dealkylation sites (tertiary alicyclic amines) is 1. The van der Waals surface area contributed by atoms with Crippen molar-refractivity contribution in [3.05, 3.63) is 118 Å². The van der Waals surface area contributed by atoms with E-state index < -0.39 is 52.7 Å². The third-order valence-corrected chi connectivity index (χ3v) is 7.39. The standard InChI is InChI=1S/C32H33N3O8/c1-2-42-30(38)32(26(21-35(40)41)25-16-10-5-11-17-25)28(36)18-19-34(32)29(37)27(20-23-12-6-3-7-13-23)33-31(39)43-22-24-14-8-4-9-15-24/h3-17,26-27H,2,18-22H2,1H3,(H,33,39)/t26-,27+,32+/m1/s1. The highest BCUT2D eigenvalue weighted by Gasteiger charge is 2.64. The van der Waals surface area contributed by atoms with Gasteiger partial charge in [0.25, 0.3) is 0 Å². The molecule has 0 bridgehead atoms. The number of carbonyl (C=O) groups is 4. The summed E-state index contributed by atoms with van der Waals surface area (Å²) < 4.78 is 10.7. The van der Waals surface area contributed by atoms with Crippen LogP contribution < -0.4 is 5.32 Å². The lowest BCUT2D eigenvalue weighted by atomic mass is 9.75. The molecule has 11 heteroatoms. The van der Waals surface area contributed by atoms with Crippen molar-refractivity contribution in [2.45, 2.75) is 43.9 Å². The number of esters is 1. The summed E-state index contributed by atoms with van der Waals surface area (Å²) in [7, 11) is 0. The number of ketones is 1. The summed E-state index contributed by atoms with van der Waals surface area (Å²) in [4.78, 5) is 67.2. The molecule has 1 saturated heterocycles. The summed E-state index contributed by atoms with van der Waals surface area (Å²) in [6, 6.07) is 24.7. The largest absolute Gasteiger partial charge is 0.464 e. The van der Waals surface area contributed by atoms with E-state index >= 15 is 0 Å². The second kappa shape index (κ2) is 14.2. The minimum absolute atomic E-state index is 0.00887. The molecule has 1 fully saturated rings. The van der Waals surface area contributed by atoms with Crippen LogP contribution in [0.4, 0.5) is 4.79 Å². The maximum Gasteiger partial charge on any atom is 0.408 e. The quantitative estimate of drug-likeness (QED) is 0.146. The predicted molar refractivity (Wildman–Crippen MR) is 155 cm³/mol. The van der Waals surface area contributed by atoms with Gasteiger partial charge in [0.2, 0.25) is 18.0 Å². The van der Waals surface area contributed by atoms with Crippen molar-refractivity contribution in [2.75, 3.05) is 19.7 Å². The zero-order valence-electron chi connectivity index (χ0n) is 23.7. The maximum absolute atomic E-state index is 14.4. The van der Waals surface area contributed by atoms with Gasteiger partial charge in [0, 0.05) is 24.3 Å². The van der Waals surface area contributed by atoms with E-state index in [4.69, 9.17) is 9.47 Å². The zero-order valence-corrected chi connectivity index (χ0v) is 23.7. The van der Waals surface area contributed by atoms with Crippen molar-refractivity contribution < 1.29 is 33.6 Å². The van der Waals surface area contributed by atoms with E-state index in [-0.39, 0.29) is 32.6 Å². The topological polar surface area (TPSA) is 145 Å². The average molecular weight is 588 g/mol. The van der Waals surface area contributed by atoms with Gasteiger partial charge < -0.3 is 19.7 Å². The first-order valence-electron chi connectivity index (χ1n) is 14.0. The summed E-state index contributed by atoms with van der Waals surface area (Å²) >= 11 is 0. The number of nitrogens with zero attached hydrogens (tertiary/aromatic N) is 2. The molecule has 1 heterocycles. The predicted octanol–water partition coefficient (Wildman–Crippen LogP) is 3.69.